The van der Waals surface area contributed by atoms with E-state index in [9.17, 15) is 4.79 Å². The molecule has 0 spiro atoms. The number of aldehydes is 1. The molecule has 12 heavy (non-hydrogen) atoms. The molecular formula is C10H16OS. The van der Waals surface area contributed by atoms with E-state index in [4.69, 9.17) is 0 Å². The molecule has 0 aromatic carbocycles. The van der Waals surface area contributed by atoms with Gasteiger partial charge in [0.1, 0.15) is 6.29 Å². The van der Waals surface area contributed by atoms with Crippen molar-refractivity contribution in [2.75, 3.05) is 0 Å². The number of rotatable bonds is 2. The van der Waals surface area contributed by atoms with Crippen molar-refractivity contribution in [2.24, 2.45) is 5.92 Å². The summed E-state index contributed by atoms with van der Waals surface area (Å²) in [5.41, 5.74) is 1.40. The van der Waals surface area contributed by atoms with E-state index in [0.717, 1.165) is 12.7 Å². The Morgan fingerprint density at radius 2 is 2.25 bits per heavy atom. The first-order valence-electron chi connectivity index (χ1n) is 4.40. The van der Waals surface area contributed by atoms with Gasteiger partial charge in [0.05, 0.1) is 4.75 Å². The highest BCUT2D eigenvalue weighted by atomic mass is 32.2. The zero-order valence-electron chi connectivity index (χ0n) is 8.18. The van der Waals surface area contributed by atoms with Crippen molar-refractivity contribution in [3.8, 4) is 0 Å². The highest BCUT2D eigenvalue weighted by Gasteiger charge is 2.39. The van der Waals surface area contributed by atoms with E-state index >= 15 is 0 Å². The van der Waals surface area contributed by atoms with Crippen LogP contribution in [0, 0.1) is 5.92 Å². The van der Waals surface area contributed by atoms with Crippen LogP contribution in [0.1, 0.15) is 34.1 Å². The molecule has 0 amide bonds. The van der Waals surface area contributed by atoms with Crippen molar-refractivity contribution in [1.29, 1.82) is 0 Å². The molecule has 0 fully saturated rings. The first-order valence-corrected chi connectivity index (χ1v) is 5.21. The van der Waals surface area contributed by atoms with Crippen LogP contribution in [0.5, 0.6) is 0 Å². The Morgan fingerprint density at radius 3 is 2.50 bits per heavy atom. The Kier molecular flexibility index (Phi) is 2.67. The highest BCUT2D eigenvalue weighted by Crippen LogP contribution is 2.49. The van der Waals surface area contributed by atoms with Crippen LogP contribution in [-0.2, 0) is 4.79 Å². The van der Waals surface area contributed by atoms with E-state index in [-0.39, 0.29) is 4.75 Å². The van der Waals surface area contributed by atoms with Crippen molar-refractivity contribution in [1.82, 2.24) is 0 Å². The van der Waals surface area contributed by atoms with Gasteiger partial charge in [0.25, 0.3) is 0 Å². The topological polar surface area (TPSA) is 17.1 Å². The van der Waals surface area contributed by atoms with Crippen LogP contribution in [0.3, 0.4) is 0 Å². The molecule has 0 aliphatic carbocycles. The minimum Gasteiger partial charge on any atom is -0.302 e. The second-order valence-corrected chi connectivity index (χ2v) is 5.16. The van der Waals surface area contributed by atoms with Gasteiger partial charge in [-0.3, -0.25) is 0 Å². The maximum atomic E-state index is 10.9. The molecule has 0 aromatic rings. The quantitative estimate of drug-likeness (QED) is 0.614. The van der Waals surface area contributed by atoms with Gasteiger partial charge in [-0.25, -0.2) is 0 Å². The molecule has 0 N–H and O–H groups in total. The molecule has 1 aliphatic heterocycles. The molecule has 0 aromatic heterocycles. The Hall–Kier alpha value is -0.240. The predicted molar refractivity (Wildman–Crippen MR) is 54.2 cm³/mol. The fourth-order valence-corrected chi connectivity index (χ4v) is 3.00. The van der Waals surface area contributed by atoms with Crippen LogP contribution in [0.4, 0.5) is 0 Å². The van der Waals surface area contributed by atoms with E-state index < -0.39 is 0 Å². The third-order valence-electron chi connectivity index (χ3n) is 2.85. The average Bonchev–Trinajstić information content (AvgIpc) is 2.31. The Bertz CT molecular complexity index is 232. The number of hydrogen-bond acceptors (Lipinski definition) is 2. The maximum absolute atomic E-state index is 10.9. The lowest BCUT2D eigenvalue weighted by molar-refractivity contribution is -0.110. The summed E-state index contributed by atoms with van der Waals surface area (Å²) in [7, 11) is 0. The number of hydrogen-bond donors (Lipinski definition) is 0. The lowest BCUT2D eigenvalue weighted by Gasteiger charge is -2.21. The zero-order chi connectivity index (χ0) is 9.35. The van der Waals surface area contributed by atoms with Gasteiger partial charge < -0.3 is 4.79 Å². The van der Waals surface area contributed by atoms with Gasteiger partial charge in [0, 0.05) is 0 Å². The summed E-state index contributed by atoms with van der Waals surface area (Å²) < 4.78 is -0.199. The average molecular weight is 184 g/mol. The van der Waals surface area contributed by atoms with E-state index in [0.29, 0.717) is 5.92 Å². The molecule has 2 atom stereocenters. The Morgan fingerprint density at radius 1 is 1.67 bits per heavy atom. The molecule has 2 unspecified atom stereocenters. The second kappa shape index (κ2) is 3.25. The molecule has 68 valence electrons. The van der Waals surface area contributed by atoms with Crippen LogP contribution in [0.2, 0.25) is 0 Å². The number of carbonyl (C=O) groups is 1. The van der Waals surface area contributed by atoms with E-state index in [2.05, 4.69) is 20.8 Å². The predicted octanol–water partition coefficient (Wildman–Crippen LogP) is 3.01. The van der Waals surface area contributed by atoms with Gasteiger partial charge in [-0.1, -0.05) is 19.4 Å². The van der Waals surface area contributed by atoms with Crippen LogP contribution in [0.25, 0.3) is 0 Å². The van der Waals surface area contributed by atoms with Crippen LogP contribution in [-0.4, -0.2) is 11.0 Å². The number of thioether (sulfide) groups is 1. The van der Waals surface area contributed by atoms with Gasteiger partial charge in [-0.2, -0.15) is 0 Å². The largest absolute Gasteiger partial charge is 0.302 e. The van der Waals surface area contributed by atoms with Gasteiger partial charge in [-0.05, 0) is 31.1 Å². The van der Waals surface area contributed by atoms with Crippen molar-refractivity contribution >= 4 is 18.0 Å². The summed E-state index contributed by atoms with van der Waals surface area (Å²) in [5, 5.41) is 0. The molecule has 1 nitrogen and oxygen atoms in total. The first-order chi connectivity index (χ1) is 5.55. The van der Waals surface area contributed by atoms with Gasteiger partial charge in [-0.15, -0.1) is 11.8 Å². The van der Waals surface area contributed by atoms with Gasteiger partial charge >= 0.3 is 0 Å². The number of carbonyl (C=O) groups excluding carboxylic acids is 1. The summed E-state index contributed by atoms with van der Waals surface area (Å²) in [6, 6.07) is 0. The fourth-order valence-electron chi connectivity index (χ4n) is 1.58. The van der Waals surface area contributed by atoms with Crippen LogP contribution < -0.4 is 0 Å². The minimum atomic E-state index is -0.199. The Balaban J connectivity index is 2.93. The monoisotopic (exact) mass is 184 g/mol. The highest BCUT2D eigenvalue weighted by molar-refractivity contribution is 8.05. The van der Waals surface area contributed by atoms with Crippen molar-refractivity contribution in [3.05, 3.63) is 10.5 Å². The molecular weight excluding hydrogens is 168 g/mol. The molecule has 1 rings (SSSR count). The summed E-state index contributed by atoms with van der Waals surface area (Å²) in [6.45, 7) is 8.46. The van der Waals surface area contributed by atoms with Crippen molar-refractivity contribution in [2.45, 2.75) is 38.9 Å². The number of allylic oxidation sites excluding steroid dienone is 2. The molecule has 1 heterocycles. The molecule has 0 bridgehead atoms. The van der Waals surface area contributed by atoms with E-state index in [1.807, 2.05) is 6.92 Å². The normalized spacial score (nSPS) is 35.8. The van der Waals surface area contributed by atoms with Gasteiger partial charge in [0.2, 0.25) is 0 Å². The maximum Gasteiger partial charge on any atom is 0.136 e. The standard InChI is InChI=1S/C10H16OS/c1-5-9-7(2)8(3)10(4,6-11)12-9/h6,8H,5H2,1-4H3. The lowest BCUT2D eigenvalue weighted by Crippen LogP contribution is -2.27. The van der Waals surface area contributed by atoms with Crippen molar-refractivity contribution in [3.63, 3.8) is 0 Å². The van der Waals surface area contributed by atoms with E-state index in [1.54, 1.807) is 11.8 Å². The fraction of sp³-hybridized carbons (Fsp3) is 0.700. The minimum absolute atomic E-state index is 0.199. The molecule has 0 saturated carbocycles. The smallest absolute Gasteiger partial charge is 0.136 e. The summed E-state index contributed by atoms with van der Waals surface area (Å²) in [4.78, 5) is 12.3. The van der Waals surface area contributed by atoms with Gasteiger partial charge in [0.15, 0.2) is 0 Å². The third kappa shape index (κ3) is 1.33. The lowest BCUT2D eigenvalue weighted by atomic mass is 9.90. The van der Waals surface area contributed by atoms with Crippen LogP contribution in [0.15, 0.2) is 10.5 Å². The third-order valence-corrected chi connectivity index (χ3v) is 4.59. The molecule has 2 heteroatoms. The second-order valence-electron chi connectivity index (χ2n) is 3.59. The molecule has 1 aliphatic rings. The van der Waals surface area contributed by atoms with Crippen LogP contribution >= 0.6 is 11.8 Å². The Labute approximate surface area is 78.6 Å². The summed E-state index contributed by atoms with van der Waals surface area (Å²) in [6.07, 6.45) is 2.15. The summed E-state index contributed by atoms with van der Waals surface area (Å²) in [5.74, 6) is 0.398. The SMILES string of the molecule is CCC1=C(C)C(C)C(C)(C=O)S1. The summed E-state index contributed by atoms with van der Waals surface area (Å²) >= 11 is 1.74. The molecule has 0 saturated heterocycles. The van der Waals surface area contributed by atoms with E-state index in [1.165, 1.54) is 10.5 Å². The first kappa shape index (κ1) is 9.85. The van der Waals surface area contributed by atoms with Crippen molar-refractivity contribution < 1.29 is 4.79 Å². The molecule has 0 radical (unpaired) electrons. The zero-order valence-corrected chi connectivity index (χ0v) is 8.99.